The van der Waals surface area contributed by atoms with Gasteiger partial charge in [0.25, 0.3) is 0 Å². The molecule has 0 unspecified atom stereocenters. The molecule has 0 aliphatic carbocycles. The van der Waals surface area contributed by atoms with Gasteiger partial charge in [-0.2, -0.15) is 4.98 Å². The van der Waals surface area contributed by atoms with E-state index in [1.807, 2.05) is 30.3 Å². The smallest absolute Gasteiger partial charge is 0.246 e. The Bertz CT molecular complexity index is 912. The third-order valence-corrected chi connectivity index (χ3v) is 4.62. The fourth-order valence-corrected chi connectivity index (χ4v) is 3.18. The number of aromatic nitrogens is 3. The number of allylic oxidation sites excluding steroid dienone is 1. The summed E-state index contributed by atoms with van der Waals surface area (Å²) in [5, 5.41) is 6.23. The molecular formula is C21H24N6O2. The summed E-state index contributed by atoms with van der Waals surface area (Å²) in [6.45, 7) is 6.36. The Balaban J connectivity index is 1.68. The first-order valence-electron chi connectivity index (χ1n) is 9.47. The number of hydrogen-bond acceptors (Lipinski definition) is 7. The van der Waals surface area contributed by atoms with Gasteiger partial charge in [0.15, 0.2) is 5.78 Å². The van der Waals surface area contributed by atoms with E-state index in [1.165, 1.54) is 19.3 Å². The average molecular weight is 392 g/mol. The van der Waals surface area contributed by atoms with E-state index >= 15 is 0 Å². The molecule has 1 fully saturated rings. The van der Waals surface area contributed by atoms with Crippen molar-refractivity contribution < 1.29 is 9.59 Å². The zero-order valence-corrected chi connectivity index (χ0v) is 16.3. The van der Waals surface area contributed by atoms with E-state index in [1.54, 1.807) is 11.1 Å². The number of benzene rings is 1. The molecule has 1 aliphatic heterocycles. The predicted octanol–water partition coefficient (Wildman–Crippen LogP) is 2.50. The van der Waals surface area contributed by atoms with Crippen molar-refractivity contribution in [2.75, 3.05) is 23.7 Å². The van der Waals surface area contributed by atoms with Gasteiger partial charge in [-0.25, -0.2) is 9.97 Å². The van der Waals surface area contributed by atoms with Crippen molar-refractivity contribution in [1.82, 2.24) is 19.9 Å². The maximum Gasteiger partial charge on any atom is 0.246 e. The molecule has 2 heterocycles. The van der Waals surface area contributed by atoms with Gasteiger partial charge >= 0.3 is 0 Å². The molecule has 0 saturated carbocycles. The minimum absolute atomic E-state index is 0.0514. The van der Waals surface area contributed by atoms with E-state index in [-0.39, 0.29) is 17.7 Å². The summed E-state index contributed by atoms with van der Waals surface area (Å²) < 4.78 is 0. The van der Waals surface area contributed by atoms with Crippen molar-refractivity contribution in [3.8, 4) is 0 Å². The largest absolute Gasteiger partial charge is 0.350 e. The summed E-state index contributed by atoms with van der Waals surface area (Å²) in [7, 11) is 0. The molecule has 1 aromatic carbocycles. The molecule has 8 heteroatoms. The first-order chi connectivity index (χ1) is 14.1. The first-order valence-corrected chi connectivity index (χ1v) is 9.47. The third-order valence-electron chi connectivity index (χ3n) is 4.62. The lowest BCUT2D eigenvalue weighted by Gasteiger charge is -2.32. The third kappa shape index (κ3) is 5.47. The molecular weight excluding hydrogens is 368 g/mol. The quantitative estimate of drug-likeness (QED) is 0.698. The predicted molar refractivity (Wildman–Crippen MR) is 112 cm³/mol. The standard InChI is InChI=1S/C21H24N6O2/c1-3-19(29)27-11-7-10-17(13-27)25-21-24-14-23-20(26-21)22-12-18(15(2)28)16-8-5-4-6-9-16/h3-6,8-9,12,14,17H,1,7,10-11,13H2,2H3,(H2,22,23,24,25,26)/b18-12+/t17-/m1/s1. The van der Waals surface area contributed by atoms with E-state index in [2.05, 4.69) is 32.2 Å². The average Bonchev–Trinajstić information content (AvgIpc) is 2.74. The fourth-order valence-electron chi connectivity index (χ4n) is 3.18. The highest BCUT2D eigenvalue weighted by Crippen LogP contribution is 2.17. The number of rotatable bonds is 7. The fraction of sp³-hybridized carbons (Fsp3) is 0.286. The highest BCUT2D eigenvalue weighted by Gasteiger charge is 2.22. The second-order valence-electron chi connectivity index (χ2n) is 6.73. The zero-order chi connectivity index (χ0) is 20.6. The monoisotopic (exact) mass is 392 g/mol. The van der Waals surface area contributed by atoms with Crippen molar-refractivity contribution in [2.45, 2.75) is 25.8 Å². The Hall–Kier alpha value is -3.55. The van der Waals surface area contributed by atoms with E-state index in [0.717, 1.165) is 24.9 Å². The summed E-state index contributed by atoms with van der Waals surface area (Å²) in [6, 6.07) is 9.44. The van der Waals surface area contributed by atoms with Crippen LogP contribution in [0.5, 0.6) is 0 Å². The number of ketones is 1. The molecule has 1 aromatic heterocycles. The van der Waals surface area contributed by atoms with Gasteiger partial charge in [0, 0.05) is 30.9 Å². The molecule has 1 atom stereocenters. The van der Waals surface area contributed by atoms with Crippen LogP contribution in [0.25, 0.3) is 5.57 Å². The van der Waals surface area contributed by atoms with Gasteiger partial charge in [-0.05, 0) is 31.4 Å². The van der Waals surface area contributed by atoms with Crippen molar-refractivity contribution in [2.24, 2.45) is 0 Å². The van der Waals surface area contributed by atoms with Gasteiger partial charge in [-0.1, -0.05) is 36.9 Å². The van der Waals surface area contributed by atoms with E-state index in [0.29, 0.717) is 24.0 Å². The molecule has 0 spiro atoms. The van der Waals surface area contributed by atoms with Gasteiger partial charge in [-0.3, -0.25) is 9.59 Å². The van der Waals surface area contributed by atoms with Crippen LogP contribution in [0, 0.1) is 0 Å². The molecule has 29 heavy (non-hydrogen) atoms. The molecule has 8 nitrogen and oxygen atoms in total. The SMILES string of the molecule is C=CC(=O)N1CCC[C@@H](Nc2ncnc(N/C=C(\C(C)=O)c3ccccc3)n2)C1. The van der Waals surface area contributed by atoms with Gasteiger partial charge in [0.1, 0.15) is 6.33 Å². The van der Waals surface area contributed by atoms with Crippen LogP contribution in [-0.4, -0.2) is 50.7 Å². The Morgan fingerprint density at radius 3 is 2.69 bits per heavy atom. The van der Waals surface area contributed by atoms with Gasteiger partial charge in [0.05, 0.1) is 0 Å². The number of amides is 1. The van der Waals surface area contributed by atoms with Crippen LogP contribution >= 0.6 is 0 Å². The van der Waals surface area contributed by atoms with E-state index < -0.39 is 0 Å². The van der Waals surface area contributed by atoms with Crippen LogP contribution in [-0.2, 0) is 9.59 Å². The van der Waals surface area contributed by atoms with Gasteiger partial charge in [-0.15, -0.1) is 0 Å². The molecule has 150 valence electrons. The second kappa shape index (κ2) is 9.59. The van der Waals surface area contributed by atoms with Crippen LogP contribution in [0.15, 0.2) is 55.5 Å². The van der Waals surface area contributed by atoms with Crippen molar-refractivity contribution >= 4 is 29.2 Å². The number of piperidine rings is 1. The Morgan fingerprint density at radius 1 is 1.21 bits per heavy atom. The topological polar surface area (TPSA) is 100 Å². The number of hydrogen-bond donors (Lipinski definition) is 2. The minimum atomic E-state index is -0.0719. The lowest BCUT2D eigenvalue weighted by atomic mass is 10.0. The zero-order valence-electron chi connectivity index (χ0n) is 16.3. The van der Waals surface area contributed by atoms with E-state index in [9.17, 15) is 9.59 Å². The number of likely N-dealkylation sites (tertiary alicyclic amines) is 1. The maximum atomic E-state index is 12.0. The normalized spacial score (nSPS) is 16.8. The molecule has 2 N–H and O–H groups in total. The van der Waals surface area contributed by atoms with Gasteiger partial charge in [0.2, 0.25) is 17.8 Å². The maximum absolute atomic E-state index is 12.0. The van der Waals surface area contributed by atoms with Gasteiger partial charge < -0.3 is 15.5 Å². The van der Waals surface area contributed by atoms with Crippen LogP contribution in [0.2, 0.25) is 0 Å². The van der Waals surface area contributed by atoms with Crippen LogP contribution in [0.4, 0.5) is 11.9 Å². The second-order valence-corrected chi connectivity index (χ2v) is 6.73. The van der Waals surface area contributed by atoms with Crippen LogP contribution < -0.4 is 10.6 Å². The van der Waals surface area contributed by atoms with Crippen molar-refractivity contribution in [3.05, 3.63) is 61.1 Å². The summed E-state index contributed by atoms with van der Waals surface area (Å²) in [4.78, 5) is 38.2. The number of anilines is 2. The van der Waals surface area contributed by atoms with Crippen LogP contribution in [0.3, 0.4) is 0 Å². The summed E-state index contributed by atoms with van der Waals surface area (Å²) in [5.41, 5.74) is 1.35. The number of carbonyl (C=O) groups is 2. The lowest BCUT2D eigenvalue weighted by molar-refractivity contribution is -0.127. The summed E-state index contributed by atoms with van der Waals surface area (Å²) >= 11 is 0. The van der Waals surface area contributed by atoms with Crippen molar-refractivity contribution in [1.29, 1.82) is 0 Å². The molecule has 0 bridgehead atoms. The summed E-state index contributed by atoms with van der Waals surface area (Å²) in [6.07, 6.45) is 6.14. The number of nitrogens with zero attached hydrogens (tertiary/aromatic N) is 4. The highest BCUT2D eigenvalue weighted by molar-refractivity contribution is 6.19. The molecule has 1 saturated heterocycles. The molecule has 3 rings (SSSR count). The molecule has 1 aliphatic rings. The van der Waals surface area contributed by atoms with Crippen molar-refractivity contribution in [3.63, 3.8) is 0 Å². The highest BCUT2D eigenvalue weighted by atomic mass is 16.2. The number of carbonyl (C=O) groups excluding carboxylic acids is 2. The lowest BCUT2D eigenvalue weighted by Crippen LogP contribution is -2.44. The molecule has 0 radical (unpaired) electrons. The number of Topliss-reactive ketones (excluding diaryl/α,β-unsaturated/α-hetero) is 1. The van der Waals surface area contributed by atoms with E-state index in [4.69, 9.17) is 0 Å². The molecule has 1 amide bonds. The molecule has 2 aromatic rings. The number of nitrogens with one attached hydrogen (secondary N) is 2. The first kappa shape index (κ1) is 20.2. The minimum Gasteiger partial charge on any atom is -0.350 e. The Morgan fingerprint density at radius 2 is 1.97 bits per heavy atom. The Labute approximate surface area is 169 Å². The summed E-state index contributed by atoms with van der Waals surface area (Å²) in [5.74, 6) is 0.604. The van der Waals surface area contributed by atoms with Crippen LogP contribution in [0.1, 0.15) is 25.3 Å². The Kier molecular flexibility index (Phi) is 6.67.